The monoisotopic (exact) mass is 364 g/mol. The van der Waals surface area contributed by atoms with Crippen LogP contribution >= 0.6 is 0 Å². The SMILES string of the molecule is CC(C)=CC1(S(=O)(=O)c2ccccc2)OC1c1ccc2ccccc2c1. The van der Waals surface area contributed by atoms with E-state index in [2.05, 4.69) is 0 Å². The van der Waals surface area contributed by atoms with E-state index >= 15 is 0 Å². The summed E-state index contributed by atoms with van der Waals surface area (Å²) in [6.45, 7) is 3.78. The number of hydrogen-bond acceptors (Lipinski definition) is 3. The number of epoxide rings is 1. The molecule has 1 fully saturated rings. The van der Waals surface area contributed by atoms with Gasteiger partial charge in [0.2, 0.25) is 14.8 Å². The highest BCUT2D eigenvalue weighted by atomic mass is 32.2. The predicted molar refractivity (Wildman–Crippen MR) is 104 cm³/mol. The third-order valence-corrected chi connectivity index (χ3v) is 6.81. The van der Waals surface area contributed by atoms with Crippen LogP contribution in [0, 0.1) is 0 Å². The quantitative estimate of drug-likeness (QED) is 0.481. The molecule has 0 N–H and O–H groups in total. The zero-order valence-electron chi connectivity index (χ0n) is 14.7. The van der Waals surface area contributed by atoms with Crippen molar-refractivity contribution in [2.75, 3.05) is 0 Å². The lowest BCUT2D eigenvalue weighted by atomic mass is 10.0. The summed E-state index contributed by atoms with van der Waals surface area (Å²) in [6, 6.07) is 22.5. The van der Waals surface area contributed by atoms with Crippen molar-refractivity contribution >= 4 is 20.6 Å². The molecule has 1 aliphatic heterocycles. The van der Waals surface area contributed by atoms with Gasteiger partial charge in [-0.15, -0.1) is 0 Å². The third kappa shape index (κ3) is 2.66. The van der Waals surface area contributed by atoms with Gasteiger partial charge in [-0.25, -0.2) is 8.42 Å². The summed E-state index contributed by atoms with van der Waals surface area (Å²) < 4.78 is 32.6. The minimum absolute atomic E-state index is 0.279. The first-order chi connectivity index (χ1) is 12.4. The second-order valence-electron chi connectivity index (χ2n) is 6.86. The molecule has 4 rings (SSSR count). The molecule has 3 nitrogen and oxygen atoms in total. The van der Waals surface area contributed by atoms with Gasteiger partial charge in [-0.05, 0) is 54.5 Å². The van der Waals surface area contributed by atoms with Gasteiger partial charge in [-0.2, -0.15) is 0 Å². The number of ether oxygens (including phenoxy) is 1. The van der Waals surface area contributed by atoms with Crippen molar-refractivity contribution in [2.45, 2.75) is 29.8 Å². The Morgan fingerprint density at radius 3 is 2.27 bits per heavy atom. The van der Waals surface area contributed by atoms with Gasteiger partial charge >= 0.3 is 0 Å². The van der Waals surface area contributed by atoms with Crippen LogP contribution in [0.15, 0.2) is 89.3 Å². The summed E-state index contributed by atoms with van der Waals surface area (Å²) in [5.74, 6) is 0. The highest BCUT2D eigenvalue weighted by Crippen LogP contribution is 2.57. The van der Waals surface area contributed by atoms with Crippen LogP contribution in [0.3, 0.4) is 0 Å². The van der Waals surface area contributed by atoms with Crippen molar-refractivity contribution in [1.82, 2.24) is 0 Å². The molecule has 2 atom stereocenters. The molecule has 0 spiro atoms. The molecule has 3 aromatic rings. The van der Waals surface area contributed by atoms with Crippen molar-refractivity contribution in [3.63, 3.8) is 0 Å². The van der Waals surface area contributed by atoms with E-state index in [0.29, 0.717) is 0 Å². The smallest absolute Gasteiger partial charge is 0.223 e. The van der Waals surface area contributed by atoms with Crippen molar-refractivity contribution in [2.24, 2.45) is 0 Å². The van der Waals surface area contributed by atoms with Crippen LogP contribution in [-0.4, -0.2) is 13.4 Å². The number of rotatable bonds is 4. The predicted octanol–water partition coefficient (Wildman–Crippen LogP) is 5.05. The third-order valence-electron chi connectivity index (χ3n) is 4.65. The van der Waals surface area contributed by atoms with E-state index in [1.54, 1.807) is 36.4 Å². The maximum atomic E-state index is 13.3. The molecule has 0 radical (unpaired) electrons. The van der Waals surface area contributed by atoms with E-state index in [4.69, 9.17) is 4.74 Å². The molecule has 26 heavy (non-hydrogen) atoms. The molecule has 0 aromatic heterocycles. The highest BCUT2D eigenvalue weighted by molar-refractivity contribution is 7.93. The van der Waals surface area contributed by atoms with E-state index in [-0.39, 0.29) is 4.90 Å². The molecular weight excluding hydrogens is 344 g/mol. The summed E-state index contributed by atoms with van der Waals surface area (Å²) in [5.41, 5.74) is 1.79. The largest absolute Gasteiger partial charge is 0.340 e. The lowest BCUT2D eigenvalue weighted by molar-refractivity contribution is 0.371. The van der Waals surface area contributed by atoms with Crippen LogP contribution in [0.1, 0.15) is 25.5 Å². The number of hydrogen-bond donors (Lipinski definition) is 0. The molecule has 1 heterocycles. The molecule has 0 bridgehead atoms. The normalized spacial score (nSPS) is 22.2. The lowest BCUT2D eigenvalue weighted by Gasteiger charge is -2.12. The number of fused-ring (bicyclic) bond motifs is 1. The van der Waals surface area contributed by atoms with Crippen LogP contribution in [0.25, 0.3) is 10.8 Å². The first kappa shape index (κ1) is 17.0. The van der Waals surface area contributed by atoms with Gasteiger partial charge < -0.3 is 4.74 Å². The second kappa shape index (κ2) is 6.08. The molecule has 0 amide bonds. The zero-order valence-corrected chi connectivity index (χ0v) is 15.5. The second-order valence-corrected chi connectivity index (χ2v) is 8.98. The first-order valence-electron chi connectivity index (χ1n) is 8.56. The summed E-state index contributed by atoms with van der Waals surface area (Å²) in [7, 11) is -3.67. The lowest BCUT2D eigenvalue weighted by Crippen LogP contribution is -2.24. The van der Waals surface area contributed by atoms with Gasteiger partial charge in [0.15, 0.2) is 0 Å². The standard InChI is InChI=1S/C22H20O3S/c1-16(2)15-22(26(23,24)20-10-4-3-5-11-20)21(25-22)19-13-12-17-8-6-7-9-18(17)14-19/h3-15,21H,1-2H3. The van der Waals surface area contributed by atoms with Crippen molar-refractivity contribution in [3.05, 3.63) is 90.0 Å². The molecule has 4 heteroatoms. The fourth-order valence-corrected chi connectivity index (χ4v) is 5.31. The Bertz CT molecular complexity index is 1100. The van der Waals surface area contributed by atoms with Gasteiger partial charge in [-0.3, -0.25) is 0 Å². The average Bonchev–Trinajstić information content (AvgIpc) is 3.37. The maximum Gasteiger partial charge on any atom is 0.223 e. The molecule has 132 valence electrons. The highest BCUT2D eigenvalue weighted by Gasteiger charge is 2.65. The summed E-state index contributed by atoms with van der Waals surface area (Å²) in [4.78, 5) is -1.06. The van der Waals surface area contributed by atoms with Crippen LogP contribution in [0.5, 0.6) is 0 Å². The maximum absolute atomic E-state index is 13.3. The topological polar surface area (TPSA) is 46.7 Å². The summed E-state index contributed by atoms with van der Waals surface area (Å²) in [5, 5.41) is 2.19. The Morgan fingerprint density at radius 2 is 1.58 bits per heavy atom. The van der Waals surface area contributed by atoms with Gasteiger partial charge in [0, 0.05) is 0 Å². The van der Waals surface area contributed by atoms with E-state index in [0.717, 1.165) is 21.9 Å². The van der Waals surface area contributed by atoms with Crippen LogP contribution in [0.4, 0.5) is 0 Å². The summed E-state index contributed by atoms with van der Waals surface area (Å²) >= 11 is 0. The minimum atomic E-state index is -3.67. The molecule has 1 saturated heterocycles. The molecule has 3 aromatic carbocycles. The fraction of sp³-hybridized carbons (Fsp3) is 0.182. The Kier molecular flexibility index (Phi) is 3.98. The average molecular weight is 364 g/mol. The van der Waals surface area contributed by atoms with Gasteiger partial charge in [0.1, 0.15) is 6.10 Å². The number of allylic oxidation sites excluding steroid dienone is 1. The van der Waals surface area contributed by atoms with Gasteiger partial charge in [-0.1, -0.05) is 60.2 Å². The number of benzene rings is 3. The number of sulfone groups is 1. The van der Waals surface area contributed by atoms with Crippen LogP contribution in [-0.2, 0) is 14.6 Å². The minimum Gasteiger partial charge on any atom is -0.340 e. The zero-order chi connectivity index (χ0) is 18.4. The first-order valence-corrected chi connectivity index (χ1v) is 10.0. The fourth-order valence-electron chi connectivity index (χ4n) is 3.40. The Hall–Kier alpha value is -2.43. The summed E-state index contributed by atoms with van der Waals surface area (Å²) in [6.07, 6.45) is 1.22. The molecule has 1 aliphatic rings. The van der Waals surface area contributed by atoms with Crippen LogP contribution < -0.4 is 0 Å². The van der Waals surface area contributed by atoms with Crippen molar-refractivity contribution in [3.8, 4) is 0 Å². The van der Waals surface area contributed by atoms with Crippen molar-refractivity contribution in [1.29, 1.82) is 0 Å². The van der Waals surface area contributed by atoms with Gasteiger partial charge in [0.05, 0.1) is 4.90 Å². The molecule has 0 saturated carbocycles. The molecule has 0 aliphatic carbocycles. The van der Waals surface area contributed by atoms with E-state index in [1.807, 2.05) is 56.3 Å². The van der Waals surface area contributed by atoms with E-state index < -0.39 is 20.9 Å². The molecule has 2 unspecified atom stereocenters. The van der Waals surface area contributed by atoms with Gasteiger partial charge in [0.25, 0.3) is 0 Å². The Balaban J connectivity index is 1.82. The Morgan fingerprint density at radius 1 is 0.923 bits per heavy atom. The van der Waals surface area contributed by atoms with Crippen LogP contribution in [0.2, 0.25) is 0 Å². The van der Waals surface area contributed by atoms with Crippen molar-refractivity contribution < 1.29 is 13.2 Å². The molecular formula is C22H20O3S. The van der Waals surface area contributed by atoms with E-state index in [1.165, 1.54) is 0 Å². The Labute approximate surface area is 153 Å². The van der Waals surface area contributed by atoms with E-state index in [9.17, 15) is 8.42 Å².